The maximum absolute atomic E-state index is 13.5. The highest BCUT2D eigenvalue weighted by molar-refractivity contribution is 6.41. The maximum Gasteiger partial charge on any atom is 0.281 e. The zero-order chi connectivity index (χ0) is 26.1. The lowest BCUT2D eigenvalue weighted by atomic mass is 10.1. The van der Waals surface area contributed by atoms with E-state index in [1.54, 1.807) is 17.0 Å². The SMILES string of the molecule is CC1CN(C(=O)c2nn(C(=O)c3c(Cl)cccc3Cl)cc2NC(=O)c2c(Cl)cccc2Cl)CC(C)N1. The molecule has 2 amide bonds. The number of rotatable bonds is 4. The Morgan fingerprint density at radius 1 is 0.861 bits per heavy atom. The highest BCUT2D eigenvalue weighted by atomic mass is 35.5. The molecule has 0 bridgehead atoms. The summed E-state index contributed by atoms with van der Waals surface area (Å²) in [6, 6.07) is 9.36. The molecule has 1 aliphatic rings. The van der Waals surface area contributed by atoms with E-state index in [1.807, 2.05) is 13.8 Å². The van der Waals surface area contributed by atoms with Crippen LogP contribution in [-0.4, -0.2) is 57.6 Å². The largest absolute Gasteiger partial charge is 0.334 e. The van der Waals surface area contributed by atoms with Gasteiger partial charge in [0.05, 0.1) is 43.1 Å². The molecule has 1 aromatic heterocycles. The molecule has 3 aromatic rings. The van der Waals surface area contributed by atoms with E-state index in [0.29, 0.717) is 13.1 Å². The topological polar surface area (TPSA) is 96.3 Å². The lowest BCUT2D eigenvalue weighted by Gasteiger charge is -2.35. The number of nitrogens with zero attached hydrogens (tertiary/aromatic N) is 3. The zero-order valence-electron chi connectivity index (χ0n) is 19.2. The molecule has 1 fully saturated rings. The van der Waals surface area contributed by atoms with Crippen LogP contribution in [0.1, 0.15) is 45.1 Å². The summed E-state index contributed by atoms with van der Waals surface area (Å²) in [5.74, 6) is -1.78. The van der Waals surface area contributed by atoms with Gasteiger partial charge in [-0.2, -0.15) is 5.10 Å². The van der Waals surface area contributed by atoms with E-state index < -0.39 is 17.7 Å². The molecule has 8 nitrogen and oxygen atoms in total. The first-order valence-corrected chi connectivity index (χ1v) is 12.5. The van der Waals surface area contributed by atoms with Gasteiger partial charge in [-0.05, 0) is 38.1 Å². The monoisotopic (exact) mass is 567 g/mol. The second kappa shape index (κ2) is 10.8. The maximum atomic E-state index is 13.5. The number of hydrogen-bond acceptors (Lipinski definition) is 5. The number of carbonyl (C=O) groups excluding carboxylic acids is 3. The van der Waals surface area contributed by atoms with Crippen LogP contribution < -0.4 is 10.6 Å². The predicted octanol–water partition coefficient (Wildman–Crippen LogP) is 5.26. The van der Waals surface area contributed by atoms with Crippen LogP contribution in [0, 0.1) is 0 Å². The molecule has 2 atom stereocenters. The van der Waals surface area contributed by atoms with Crippen molar-refractivity contribution in [3.05, 3.63) is 79.5 Å². The number of anilines is 1. The molecule has 12 heteroatoms. The summed E-state index contributed by atoms with van der Waals surface area (Å²) < 4.78 is 0.930. The van der Waals surface area contributed by atoms with Crippen molar-refractivity contribution in [2.24, 2.45) is 0 Å². The minimum absolute atomic E-state index is 0.0105. The lowest BCUT2D eigenvalue weighted by Crippen LogP contribution is -2.56. The predicted molar refractivity (Wildman–Crippen MR) is 141 cm³/mol. The summed E-state index contributed by atoms with van der Waals surface area (Å²) in [6.07, 6.45) is 1.24. The molecule has 2 heterocycles. The summed E-state index contributed by atoms with van der Waals surface area (Å²) in [7, 11) is 0. The average Bonchev–Trinajstić information content (AvgIpc) is 3.21. The summed E-state index contributed by atoms with van der Waals surface area (Å²) in [5, 5.41) is 10.7. The molecule has 2 aromatic carbocycles. The molecule has 36 heavy (non-hydrogen) atoms. The molecule has 0 aliphatic carbocycles. The van der Waals surface area contributed by atoms with Crippen LogP contribution in [0.2, 0.25) is 20.1 Å². The van der Waals surface area contributed by atoms with Crippen molar-refractivity contribution in [1.29, 1.82) is 0 Å². The minimum Gasteiger partial charge on any atom is -0.334 e. The Hall–Kier alpha value is -2.62. The van der Waals surface area contributed by atoms with Crippen molar-refractivity contribution in [2.75, 3.05) is 18.4 Å². The van der Waals surface area contributed by atoms with E-state index in [-0.39, 0.29) is 54.7 Å². The van der Waals surface area contributed by atoms with Gasteiger partial charge in [0.15, 0.2) is 5.69 Å². The number of amides is 2. The van der Waals surface area contributed by atoms with Crippen LogP contribution in [0.15, 0.2) is 42.6 Å². The minimum atomic E-state index is -0.669. The summed E-state index contributed by atoms with van der Waals surface area (Å²) in [4.78, 5) is 41.5. The Kier molecular flexibility index (Phi) is 7.92. The van der Waals surface area contributed by atoms with Crippen molar-refractivity contribution in [3.8, 4) is 0 Å². The fraction of sp³-hybridized carbons (Fsp3) is 0.250. The summed E-state index contributed by atoms with van der Waals surface area (Å²) >= 11 is 24.8. The van der Waals surface area contributed by atoms with Crippen LogP contribution in [0.4, 0.5) is 5.69 Å². The van der Waals surface area contributed by atoms with E-state index >= 15 is 0 Å². The first kappa shape index (κ1) is 26.4. The molecule has 0 saturated carbocycles. The Bertz CT molecular complexity index is 1310. The van der Waals surface area contributed by atoms with Crippen molar-refractivity contribution in [3.63, 3.8) is 0 Å². The van der Waals surface area contributed by atoms with E-state index in [2.05, 4.69) is 15.7 Å². The van der Waals surface area contributed by atoms with E-state index in [4.69, 9.17) is 46.4 Å². The van der Waals surface area contributed by atoms with Gasteiger partial charge < -0.3 is 15.5 Å². The van der Waals surface area contributed by atoms with Crippen molar-refractivity contribution in [2.45, 2.75) is 25.9 Å². The first-order chi connectivity index (χ1) is 17.1. The van der Waals surface area contributed by atoms with Crippen LogP contribution in [-0.2, 0) is 0 Å². The zero-order valence-corrected chi connectivity index (χ0v) is 22.2. The van der Waals surface area contributed by atoms with Crippen LogP contribution >= 0.6 is 46.4 Å². The highest BCUT2D eigenvalue weighted by Crippen LogP contribution is 2.28. The molecule has 0 radical (unpaired) electrons. The quantitative estimate of drug-likeness (QED) is 0.447. The second-order valence-corrected chi connectivity index (χ2v) is 10.1. The van der Waals surface area contributed by atoms with Crippen LogP contribution in [0.3, 0.4) is 0 Å². The Morgan fingerprint density at radius 2 is 1.36 bits per heavy atom. The number of carbonyl (C=O) groups is 3. The average molecular weight is 569 g/mol. The smallest absolute Gasteiger partial charge is 0.281 e. The number of benzene rings is 2. The van der Waals surface area contributed by atoms with E-state index in [9.17, 15) is 14.4 Å². The van der Waals surface area contributed by atoms with Gasteiger partial charge in [-0.25, -0.2) is 4.68 Å². The van der Waals surface area contributed by atoms with Gasteiger partial charge in [0.25, 0.3) is 17.7 Å². The molecule has 2 unspecified atom stereocenters. The lowest BCUT2D eigenvalue weighted by molar-refractivity contribution is 0.0668. The number of hydrogen-bond donors (Lipinski definition) is 2. The van der Waals surface area contributed by atoms with Gasteiger partial charge in [0.1, 0.15) is 0 Å². The molecular formula is C24H21Cl4N5O3. The second-order valence-electron chi connectivity index (χ2n) is 8.47. The van der Waals surface area contributed by atoms with Gasteiger partial charge in [-0.15, -0.1) is 0 Å². The highest BCUT2D eigenvalue weighted by Gasteiger charge is 2.31. The third-order valence-corrected chi connectivity index (χ3v) is 6.84. The number of piperazine rings is 1. The molecule has 188 valence electrons. The molecule has 2 N–H and O–H groups in total. The van der Waals surface area contributed by atoms with Gasteiger partial charge in [-0.3, -0.25) is 14.4 Å². The number of halogens is 4. The van der Waals surface area contributed by atoms with Crippen LogP contribution in [0.25, 0.3) is 0 Å². The molecule has 1 saturated heterocycles. The number of aromatic nitrogens is 2. The molecule has 0 spiro atoms. The van der Waals surface area contributed by atoms with Gasteiger partial charge >= 0.3 is 0 Å². The van der Waals surface area contributed by atoms with Crippen molar-refractivity contribution in [1.82, 2.24) is 20.0 Å². The summed E-state index contributed by atoms with van der Waals surface area (Å²) in [5.41, 5.74) is -0.0728. The Labute approximate surface area is 227 Å². The van der Waals surface area contributed by atoms with E-state index in [1.165, 1.54) is 30.5 Å². The fourth-order valence-corrected chi connectivity index (χ4v) is 5.21. The van der Waals surface area contributed by atoms with Gasteiger partial charge in [0, 0.05) is 25.2 Å². The molecular weight excluding hydrogens is 548 g/mol. The Morgan fingerprint density at radius 3 is 1.89 bits per heavy atom. The third-order valence-electron chi connectivity index (χ3n) is 5.58. The van der Waals surface area contributed by atoms with Crippen LogP contribution in [0.5, 0.6) is 0 Å². The first-order valence-electron chi connectivity index (χ1n) is 11.0. The van der Waals surface area contributed by atoms with Crippen molar-refractivity contribution < 1.29 is 14.4 Å². The van der Waals surface area contributed by atoms with Crippen molar-refractivity contribution >= 4 is 69.8 Å². The third kappa shape index (κ3) is 5.38. The molecule has 1 aliphatic heterocycles. The fourth-order valence-electron chi connectivity index (χ4n) is 4.09. The van der Waals surface area contributed by atoms with Gasteiger partial charge in [-0.1, -0.05) is 58.5 Å². The van der Waals surface area contributed by atoms with Gasteiger partial charge in [0.2, 0.25) is 0 Å². The standard InChI is InChI=1S/C24H21Cl4N5O3/c1-12-9-32(10-13(2)29-12)24(36)21-18(30-22(34)19-14(25)5-3-6-15(19)26)11-33(31-21)23(35)20-16(27)7-4-8-17(20)28/h3-8,11-13,29H,9-10H2,1-2H3,(H,30,34). The van der Waals surface area contributed by atoms with E-state index in [0.717, 1.165) is 4.68 Å². The summed E-state index contributed by atoms with van der Waals surface area (Å²) in [6.45, 7) is 4.76. The normalized spacial score (nSPS) is 17.7. The molecule has 4 rings (SSSR count). The Balaban J connectivity index is 1.76. The number of nitrogens with one attached hydrogen (secondary N) is 2.